The van der Waals surface area contributed by atoms with Crippen molar-refractivity contribution < 1.29 is 18.7 Å². The Morgan fingerprint density at radius 1 is 1.14 bits per heavy atom. The van der Waals surface area contributed by atoms with Gasteiger partial charge in [-0.25, -0.2) is 4.79 Å². The Balaban J connectivity index is 2.21. The zero-order valence-electron chi connectivity index (χ0n) is 7.10. The highest BCUT2D eigenvalue weighted by Crippen LogP contribution is 2.15. The van der Waals surface area contributed by atoms with Crippen molar-refractivity contribution in [2.45, 2.75) is 0 Å². The van der Waals surface area contributed by atoms with Gasteiger partial charge in [-0.15, -0.1) is 0 Å². The summed E-state index contributed by atoms with van der Waals surface area (Å²) in [6.07, 6.45) is 4.99. The largest absolute Gasteiger partial charge is 0.454 e. The van der Waals surface area contributed by atoms with Gasteiger partial charge in [-0.1, -0.05) is 0 Å². The molecule has 4 nitrogen and oxygen atoms in total. The number of carbonyl (C=O) groups is 2. The van der Waals surface area contributed by atoms with E-state index in [0.717, 1.165) is 0 Å². The van der Waals surface area contributed by atoms with Gasteiger partial charge in [0.15, 0.2) is 12.0 Å². The normalized spacial score (nSPS) is 17.4. The van der Waals surface area contributed by atoms with Crippen molar-refractivity contribution in [1.29, 1.82) is 0 Å². The molecular formula is C10H6O4. The zero-order chi connectivity index (χ0) is 9.97. The average molecular weight is 190 g/mol. The number of ether oxygens (including phenoxy) is 1. The van der Waals surface area contributed by atoms with Crippen LogP contribution in [0.25, 0.3) is 6.08 Å². The van der Waals surface area contributed by atoms with Gasteiger partial charge in [0.25, 0.3) is 0 Å². The summed E-state index contributed by atoms with van der Waals surface area (Å²) in [5, 5.41) is 0. The molecule has 0 aliphatic carbocycles. The third-order valence-electron chi connectivity index (χ3n) is 1.65. The van der Waals surface area contributed by atoms with Gasteiger partial charge in [0, 0.05) is 12.2 Å². The standard InChI is InChI=1S/C10H6O4/c11-6-9-2-1-7(13-9)5-8-3-4-10(12)14-8/h1-6H/b8-5+. The molecule has 1 aromatic rings. The summed E-state index contributed by atoms with van der Waals surface area (Å²) in [6.45, 7) is 0. The number of cyclic esters (lactones) is 1. The van der Waals surface area contributed by atoms with Crippen LogP contribution in [0.1, 0.15) is 16.3 Å². The van der Waals surface area contributed by atoms with Gasteiger partial charge in [-0.3, -0.25) is 4.79 Å². The van der Waals surface area contributed by atoms with E-state index in [1.165, 1.54) is 18.2 Å². The van der Waals surface area contributed by atoms with Gasteiger partial charge < -0.3 is 9.15 Å². The molecule has 2 rings (SSSR count). The fraction of sp³-hybridized carbons (Fsp3) is 0. The van der Waals surface area contributed by atoms with E-state index >= 15 is 0 Å². The molecule has 14 heavy (non-hydrogen) atoms. The third-order valence-corrected chi connectivity index (χ3v) is 1.65. The van der Waals surface area contributed by atoms with Crippen LogP contribution in [0, 0.1) is 0 Å². The van der Waals surface area contributed by atoms with Gasteiger partial charge in [0.1, 0.15) is 11.5 Å². The first-order valence-electron chi connectivity index (χ1n) is 3.94. The fourth-order valence-electron chi connectivity index (χ4n) is 1.06. The minimum Gasteiger partial charge on any atom is -0.454 e. The summed E-state index contributed by atoms with van der Waals surface area (Å²) in [4.78, 5) is 21.0. The molecule has 4 heteroatoms. The van der Waals surface area contributed by atoms with Gasteiger partial charge in [0.05, 0.1) is 0 Å². The lowest BCUT2D eigenvalue weighted by Crippen LogP contribution is -1.89. The van der Waals surface area contributed by atoms with E-state index in [1.54, 1.807) is 12.1 Å². The topological polar surface area (TPSA) is 56.5 Å². The summed E-state index contributed by atoms with van der Waals surface area (Å²) in [5.41, 5.74) is 0. The molecule has 0 saturated heterocycles. The van der Waals surface area contributed by atoms with Gasteiger partial charge in [-0.2, -0.15) is 0 Å². The number of carbonyl (C=O) groups excluding carboxylic acids is 2. The van der Waals surface area contributed by atoms with Crippen molar-refractivity contribution in [3.8, 4) is 0 Å². The first-order chi connectivity index (χ1) is 6.78. The summed E-state index contributed by atoms with van der Waals surface area (Å²) in [6, 6.07) is 3.16. The molecule has 0 unspecified atom stereocenters. The predicted molar refractivity (Wildman–Crippen MR) is 47.3 cm³/mol. The van der Waals surface area contributed by atoms with E-state index in [1.807, 2.05) is 0 Å². The van der Waals surface area contributed by atoms with Crippen LogP contribution in [0.15, 0.2) is 34.5 Å². The molecule has 0 aromatic carbocycles. The number of allylic oxidation sites excluding steroid dienone is 1. The Hall–Kier alpha value is -2.10. The highest BCUT2D eigenvalue weighted by atomic mass is 16.5. The second-order valence-corrected chi connectivity index (χ2v) is 2.66. The summed E-state index contributed by atoms with van der Waals surface area (Å²) < 4.78 is 9.83. The van der Waals surface area contributed by atoms with Gasteiger partial charge in [-0.05, 0) is 18.2 Å². The van der Waals surface area contributed by atoms with Crippen molar-refractivity contribution >= 4 is 18.3 Å². The smallest absolute Gasteiger partial charge is 0.336 e. The highest BCUT2D eigenvalue weighted by Gasteiger charge is 2.09. The summed E-state index contributed by atoms with van der Waals surface area (Å²) in [7, 11) is 0. The van der Waals surface area contributed by atoms with Crippen molar-refractivity contribution in [3.63, 3.8) is 0 Å². The van der Waals surface area contributed by atoms with Crippen LogP contribution >= 0.6 is 0 Å². The molecule has 0 spiro atoms. The van der Waals surface area contributed by atoms with Crippen LogP contribution < -0.4 is 0 Å². The van der Waals surface area contributed by atoms with Crippen molar-refractivity contribution in [1.82, 2.24) is 0 Å². The summed E-state index contributed by atoms with van der Waals surface area (Å²) in [5.74, 6) is 0.715. The molecule has 1 aliphatic rings. The van der Waals surface area contributed by atoms with E-state index in [4.69, 9.17) is 9.15 Å². The highest BCUT2D eigenvalue weighted by molar-refractivity contribution is 5.87. The Bertz CT molecular complexity index is 437. The fourth-order valence-corrected chi connectivity index (χ4v) is 1.06. The number of hydrogen-bond donors (Lipinski definition) is 0. The molecule has 2 heterocycles. The molecule has 0 N–H and O–H groups in total. The van der Waals surface area contributed by atoms with Gasteiger partial charge >= 0.3 is 5.97 Å². The molecule has 0 saturated carbocycles. The molecule has 1 aliphatic heterocycles. The van der Waals surface area contributed by atoms with E-state index in [0.29, 0.717) is 17.8 Å². The Labute approximate surface area is 79.5 Å². The van der Waals surface area contributed by atoms with Crippen molar-refractivity contribution in [2.75, 3.05) is 0 Å². The SMILES string of the molecule is O=Cc1ccc(/C=C2\C=CC(=O)O2)o1. The lowest BCUT2D eigenvalue weighted by atomic mass is 10.3. The molecule has 70 valence electrons. The average Bonchev–Trinajstić information content (AvgIpc) is 2.76. The zero-order valence-corrected chi connectivity index (χ0v) is 7.10. The van der Waals surface area contributed by atoms with Crippen LogP contribution in [0.4, 0.5) is 0 Å². The third kappa shape index (κ3) is 1.64. The molecule has 0 atom stereocenters. The van der Waals surface area contributed by atoms with Crippen LogP contribution in [0.2, 0.25) is 0 Å². The second-order valence-electron chi connectivity index (χ2n) is 2.66. The first kappa shape index (κ1) is 8.50. The van der Waals surface area contributed by atoms with Crippen LogP contribution in [0.5, 0.6) is 0 Å². The molecular weight excluding hydrogens is 184 g/mol. The second kappa shape index (κ2) is 3.33. The monoisotopic (exact) mass is 190 g/mol. The molecule has 0 amide bonds. The molecule has 0 bridgehead atoms. The van der Waals surface area contributed by atoms with E-state index in [-0.39, 0.29) is 5.76 Å². The number of esters is 1. The molecule has 0 radical (unpaired) electrons. The Morgan fingerprint density at radius 2 is 1.93 bits per heavy atom. The number of rotatable bonds is 2. The summed E-state index contributed by atoms with van der Waals surface area (Å²) >= 11 is 0. The van der Waals surface area contributed by atoms with Gasteiger partial charge in [0.2, 0.25) is 0 Å². The Morgan fingerprint density at radius 3 is 2.50 bits per heavy atom. The maximum atomic E-state index is 10.7. The first-order valence-corrected chi connectivity index (χ1v) is 3.94. The number of furan rings is 1. The van der Waals surface area contributed by atoms with Crippen LogP contribution in [-0.2, 0) is 9.53 Å². The maximum Gasteiger partial charge on any atom is 0.336 e. The van der Waals surface area contributed by atoms with E-state index in [9.17, 15) is 9.59 Å². The van der Waals surface area contributed by atoms with Crippen LogP contribution in [-0.4, -0.2) is 12.3 Å². The van der Waals surface area contributed by atoms with Crippen LogP contribution in [0.3, 0.4) is 0 Å². The number of aldehydes is 1. The molecule has 0 fully saturated rings. The lowest BCUT2D eigenvalue weighted by Gasteiger charge is -1.92. The lowest BCUT2D eigenvalue weighted by molar-refractivity contribution is -0.132. The Kier molecular flexibility index (Phi) is 2.02. The van der Waals surface area contributed by atoms with E-state index < -0.39 is 5.97 Å². The minimum atomic E-state index is -0.404. The molecule has 1 aromatic heterocycles. The van der Waals surface area contributed by atoms with Crippen molar-refractivity contribution in [3.05, 3.63) is 41.6 Å². The predicted octanol–water partition coefficient (Wildman–Crippen LogP) is 1.55. The number of hydrogen-bond acceptors (Lipinski definition) is 4. The van der Waals surface area contributed by atoms with Crippen molar-refractivity contribution in [2.24, 2.45) is 0 Å². The maximum absolute atomic E-state index is 10.7. The van der Waals surface area contributed by atoms with E-state index in [2.05, 4.69) is 0 Å². The quantitative estimate of drug-likeness (QED) is 0.524. The minimum absolute atomic E-state index is 0.241.